The molecule has 24 heavy (non-hydrogen) atoms. The first kappa shape index (κ1) is 16.4. The van der Waals surface area contributed by atoms with Crippen LogP contribution in [0.5, 0.6) is 0 Å². The molecule has 0 bridgehead atoms. The van der Waals surface area contributed by atoms with Crippen LogP contribution in [0.3, 0.4) is 0 Å². The highest BCUT2D eigenvalue weighted by Crippen LogP contribution is 2.21. The Balaban J connectivity index is 1.71. The van der Waals surface area contributed by atoms with Gasteiger partial charge in [0.2, 0.25) is 0 Å². The lowest BCUT2D eigenvalue weighted by molar-refractivity contribution is 0.102. The predicted octanol–water partition coefficient (Wildman–Crippen LogP) is 3.47. The SMILES string of the molecule is CCn1ccc(C(=O)Nc2nn(Cc3ccc(C)cc3)cc2Br)n1. The molecule has 6 nitrogen and oxygen atoms in total. The van der Waals surface area contributed by atoms with Crippen molar-refractivity contribution in [2.45, 2.75) is 26.9 Å². The summed E-state index contributed by atoms with van der Waals surface area (Å²) in [6.07, 6.45) is 3.63. The average Bonchev–Trinajstić information content (AvgIpc) is 3.17. The number of nitrogens with one attached hydrogen (secondary N) is 1. The fraction of sp³-hybridized carbons (Fsp3) is 0.235. The van der Waals surface area contributed by atoms with Crippen LogP contribution in [0.4, 0.5) is 5.82 Å². The Morgan fingerprint density at radius 2 is 1.92 bits per heavy atom. The molecule has 0 spiro atoms. The highest BCUT2D eigenvalue weighted by Gasteiger charge is 2.14. The zero-order valence-electron chi connectivity index (χ0n) is 13.5. The monoisotopic (exact) mass is 387 g/mol. The van der Waals surface area contributed by atoms with Gasteiger partial charge in [-0.15, -0.1) is 0 Å². The van der Waals surface area contributed by atoms with E-state index in [0.29, 0.717) is 18.1 Å². The van der Waals surface area contributed by atoms with Gasteiger partial charge in [0, 0.05) is 18.9 Å². The van der Waals surface area contributed by atoms with Crippen LogP contribution in [-0.4, -0.2) is 25.5 Å². The molecule has 0 unspecified atom stereocenters. The minimum Gasteiger partial charge on any atom is -0.303 e. The molecule has 124 valence electrons. The molecule has 3 aromatic rings. The van der Waals surface area contributed by atoms with Gasteiger partial charge in [0.05, 0.1) is 11.0 Å². The minimum absolute atomic E-state index is 0.275. The second kappa shape index (κ2) is 7.00. The molecule has 1 amide bonds. The van der Waals surface area contributed by atoms with Crippen molar-refractivity contribution in [3.05, 3.63) is 64.0 Å². The quantitative estimate of drug-likeness (QED) is 0.728. The highest BCUT2D eigenvalue weighted by molar-refractivity contribution is 9.10. The molecule has 0 aliphatic carbocycles. The number of nitrogens with zero attached hydrogens (tertiary/aromatic N) is 4. The number of rotatable bonds is 5. The summed E-state index contributed by atoms with van der Waals surface area (Å²) in [6.45, 7) is 5.39. The van der Waals surface area contributed by atoms with Crippen molar-refractivity contribution in [3.63, 3.8) is 0 Å². The number of amides is 1. The maximum absolute atomic E-state index is 12.2. The van der Waals surface area contributed by atoms with E-state index in [9.17, 15) is 4.79 Å². The number of benzene rings is 1. The Hall–Kier alpha value is -2.41. The second-order valence-corrected chi connectivity index (χ2v) is 6.37. The van der Waals surface area contributed by atoms with Gasteiger partial charge < -0.3 is 5.32 Å². The van der Waals surface area contributed by atoms with Gasteiger partial charge in [-0.3, -0.25) is 14.2 Å². The standard InChI is InChI=1S/C17H18BrN5O/c1-3-22-9-8-15(20-22)17(24)19-16-14(18)11-23(21-16)10-13-6-4-12(2)5-7-13/h4-9,11H,3,10H2,1-2H3,(H,19,21,24). The summed E-state index contributed by atoms with van der Waals surface area (Å²) in [5.41, 5.74) is 2.74. The summed E-state index contributed by atoms with van der Waals surface area (Å²) >= 11 is 3.44. The molecule has 1 N–H and O–H groups in total. The Bertz CT molecular complexity index is 850. The van der Waals surface area contributed by atoms with Gasteiger partial charge in [0.15, 0.2) is 11.5 Å². The summed E-state index contributed by atoms with van der Waals surface area (Å²) in [7, 11) is 0. The summed E-state index contributed by atoms with van der Waals surface area (Å²) in [5, 5.41) is 11.4. The van der Waals surface area contributed by atoms with E-state index in [4.69, 9.17) is 0 Å². The molecule has 7 heteroatoms. The number of carbonyl (C=O) groups is 1. The maximum atomic E-state index is 12.2. The predicted molar refractivity (Wildman–Crippen MR) is 96.1 cm³/mol. The fourth-order valence-corrected chi connectivity index (χ4v) is 2.69. The van der Waals surface area contributed by atoms with Crippen LogP contribution in [0.15, 0.2) is 47.2 Å². The van der Waals surface area contributed by atoms with Crippen molar-refractivity contribution in [1.82, 2.24) is 19.6 Å². The average molecular weight is 388 g/mol. The van der Waals surface area contributed by atoms with Crippen LogP contribution >= 0.6 is 15.9 Å². The van der Waals surface area contributed by atoms with Crippen LogP contribution in [-0.2, 0) is 13.1 Å². The van der Waals surface area contributed by atoms with Gasteiger partial charge in [-0.25, -0.2) is 0 Å². The van der Waals surface area contributed by atoms with Crippen molar-refractivity contribution in [3.8, 4) is 0 Å². The van der Waals surface area contributed by atoms with Crippen LogP contribution in [0.2, 0.25) is 0 Å². The zero-order chi connectivity index (χ0) is 17.1. The normalized spacial score (nSPS) is 10.8. The smallest absolute Gasteiger partial charge is 0.277 e. The number of aromatic nitrogens is 4. The minimum atomic E-state index is -0.275. The molecule has 2 aromatic heterocycles. The van der Waals surface area contributed by atoms with Gasteiger partial charge in [0.25, 0.3) is 5.91 Å². The van der Waals surface area contributed by atoms with Crippen molar-refractivity contribution in [2.24, 2.45) is 0 Å². The molecule has 0 aliphatic rings. The summed E-state index contributed by atoms with van der Waals surface area (Å²) in [5.74, 6) is 0.210. The third-order valence-electron chi connectivity index (χ3n) is 3.61. The number of hydrogen-bond donors (Lipinski definition) is 1. The molecule has 0 saturated carbocycles. The van der Waals surface area contributed by atoms with Crippen LogP contribution < -0.4 is 5.32 Å². The number of anilines is 1. The van der Waals surface area contributed by atoms with Crippen molar-refractivity contribution in [1.29, 1.82) is 0 Å². The van der Waals surface area contributed by atoms with Crippen molar-refractivity contribution < 1.29 is 4.79 Å². The second-order valence-electron chi connectivity index (χ2n) is 5.52. The first-order valence-electron chi connectivity index (χ1n) is 7.68. The van der Waals surface area contributed by atoms with Crippen molar-refractivity contribution in [2.75, 3.05) is 5.32 Å². The summed E-state index contributed by atoms with van der Waals surface area (Å²) in [4.78, 5) is 12.2. The van der Waals surface area contributed by atoms with E-state index in [1.54, 1.807) is 21.6 Å². The van der Waals surface area contributed by atoms with Crippen LogP contribution in [0.25, 0.3) is 0 Å². The van der Waals surface area contributed by atoms with Crippen LogP contribution in [0, 0.1) is 6.92 Å². The lowest BCUT2D eigenvalue weighted by Crippen LogP contribution is -2.14. The molecule has 0 atom stereocenters. The molecule has 0 aliphatic heterocycles. The molecule has 0 saturated heterocycles. The Morgan fingerprint density at radius 1 is 1.17 bits per heavy atom. The molecule has 0 fully saturated rings. The van der Waals surface area contributed by atoms with Crippen LogP contribution in [0.1, 0.15) is 28.5 Å². The van der Waals surface area contributed by atoms with Gasteiger partial charge in [-0.2, -0.15) is 10.2 Å². The fourth-order valence-electron chi connectivity index (χ4n) is 2.27. The largest absolute Gasteiger partial charge is 0.303 e. The number of carbonyl (C=O) groups excluding carboxylic acids is 1. The number of hydrogen-bond acceptors (Lipinski definition) is 3. The Morgan fingerprint density at radius 3 is 2.58 bits per heavy atom. The third kappa shape index (κ3) is 3.73. The molecule has 0 radical (unpaired) electrons. The first-order chi connectivity index (χ1) is 11.5. The molecule has 3 rings (SSSR count). The lowest BCUT2D eigenvalue weighted by atomic mass is 10.1. The molecule has 2 heterocycles. The third-order valence-corrected chi connectivity index (χ3v) is 4.19. The summed E-state index contributed by atoms with van der Waals surface area (Å²) in [6, 6.07) is 9.97. The number of aryl methyl sites for hydroxylation is 2. The van der Waals surface area contributed by atoms with E-state index in [2.05, 4.69) is 62.6 Å². The van der Waals surface area contributed by atoms with Gasteiger partial charge in [-0.1, -0.05) is 29.8 Å². The maximum Gasteiger partial charge on any atom is 0.277 e. The molecular weight excluding hydrogens is 370 g/mol. The van der Waals surface area contributed by atoms with Gasteiger partial charge >= 0.3 is 0 Å². The van der Waals surface area contributed by atoms with E-state index in [1.165, 1.54) is 5.56 Å². The zero-order valence-corrected chi connectivity index (χ0v) is 15.1. The number of halogens is 1. The van der Waals surface area contributed by atoms with E-state index in [0.717, 1.165) is 16.6 Å². The Labute approximate surface area is 148 Å². The van der Waals surface area contributed by atoms with E-state index in [1.807, 2.05) is 13.1 Å². The lowest BCUT2D eigenvalue weighted by Gasteiger charge is -2.03. The van der Waals surface area contributed by atoms with E-state index < -0.39 is 0 Å². The first-order valence-corrected chi connectivity index (χ1v) is 8.47. The van der Waals surface area contributed by atoms with Crippen molar-refractivity contribution >= 4 is 27.7 Å². The van der Waals surface area contributed by atoms with E-state index >= 15 is 0 Å². The highest BCUT2D eigenvalue weighted by atomic mass is 79.9. The topological polar surface area (TPSA) is 64.7 Å². The van der Waals surface area contributed by atoms with Gasteiger partial charge in [-0.05, 0) is 41.4 Å². The van der Waals surface area contributed by atoms with Gasteiger partial charge in [0.1, 0.15) is 0 Å². The summed E-state index contributed by atoms with van der Waals surface area (Å²) < 4.78 is 4.23. The molecule has 1 aromatic carbocycles. The Kier molecular flexibility index (Phi) is 4.80. The van der Waals surface area contributed by atoms with E-state index in [-0.39, 0.29) is 5.91 Å². The molecular formula is C17H18BrN5O.